The third-order valence-electron chi connectivity index (χ3n) is 5.20. The third-order valence-corrected chi connectivity index (χ3v) is 5.20. The minimum absolute atomic E-state index is 0.393. The first-order valence-corrected chi connectivity index (χ1v) is 10.4. The highest BCUT2D eigenvalue weighted by molar-refractivity contribution is 6.37. The summed E-state index contributed by atoms with van der Waals surface area (Å²) < 4.78 is 0. The van der Waals surface area contributed by atoms with E-state index in [0.717, 1.165) is 7.41 Å². The topological polar surface area (TPSA) is 12.4 Å². The Bertz CT molecular complexity index is 318. The summed E-state index contributed by atoms with van der Waals surface area (Å²) in [5, 5.41) is 0.393. The van der Waals surface area contributed by atoms with Gasteiger partial charge >= 0.3 is 0 Å². The van der Waals surface area contributed by atoms with Crippen molar-refractivity contribution in [3.05, 3.63) is 12.2 Å². The molecular formula is C20H39B2N. The van der Waals surface area contributed by atoms with Crippen LogP contribution in [0, 0.1) is 0 Å². The Morgan fingerprint density at radius 3 is 2.26 bits per heavy atom. The zero-order valence-electron chi connectivity index (χ0n) is 16.0. The predicted octanol–water partition coefficient (Wildman–Crippen LogP) is 5.67. The normalized spacial score (nSPS) is 19.0. The molecule has 0 aromatic heterocycles. The van der Waals surface area contributed by atoms with Gasteiger partial charge in [-0.1, -0.05) is 96.0 Å². The van der Waals surface area contributed by atoms with Gasteiger partial charge in [-0.15, -0.1) is 0 Å². The summed E-state index contributed by atoms with van der Waals surface area (Å²) >= 11 is 0. The van der Waals surface area contributed by atoms with Gasteiger partial charge in [0.25, 0.3) is 7.41 Å². The number of hydrogen-bond acceptors (Lipinski definition) is 1. The maximum absolute atomic E-state index is 4.77. The average Bonchev–Trinajstić information content (AvgIpc) is 2.53. The van der Waals surface area contributed by atoms with Crippen molar-refractivity contribution < 1.29 is 0 Å². The Kier molecular flexibility index (Phi) is 12.5. The molecule has 1 aliphatic carbocycles. The third kappa shape index (κ3) is 11.7. The summed E-state index contributed by atoms with van der Waals surface area (Å²) in [6.07, 6.45) is 27.4. The average molecular weight is 315 g/mol. The van der Waals surface area contributed by atoms with Gasteiger partial charge in [0, 0.05) is 0 Å². The smallest absolute Gasteiger partial charge is 0.261 e. The van der Waals surface area contributed by atoms with Gasteiger partial charge in [-0.2, -0.15) is 0 Å². The largest absolute Gasteiger partial charge is 0.358 e. The van der Waals surface area contributed by atoms with Gasteiger partial charge in [0.15, 0.2) is 0 Å². The van der Waals surface area contributed by atoms with Crippen LogP contribution in [0.3, 0.4) is 0 Å². The highest BCUT2D eigenvalue weighted by Crippen LogP contribution is 2.35. The van der Waals surface area contributed by atoms with Crippen LogP contribution >= 0.6 is 0 Å². The Hall–Kier alpha value is -0.460. The minimum Gasteiger partial charge on any atom is -0.358 e. The summed E-state index contributed by atoms with van der Waals surface area (Å²) in [6.45, 7) is 2.26. The van der Waals surface area contributed by atoms with Crippen LogP contribution in [-0.4, -0.2) is 21.5 Å². The summed E-state index contributed by atoms with van der Waals surface area (Å²) in [7, 11) is 3.47. The molecule has 1 rings (SSSR count). The molecule has 0 saturated heterocycles. The molecule has 0 unspecified atom stereocenters. The summed E-state index contributed by atoms with van der Waals surface area (Å²) in [6, 6.07) is 0. The molecule has 1 saturated carbocycles. The number of hydrogen-bond donors (Lipinski definition) is 0. The second kappa shape index (κ2) is 13.9. The van der Waals surface area contributed by atoms with Crippen LogP contribution in [0.5, 0.6) is 0 Å². The zero-order valence-corrected chi connectivity index (χ0v) is 16.0. The fourth-order valence-corrected chi connectivity index (χ4v) is 3.50. The molecule has 0 aromatic carbocycles. The molecule has 0 bridgehead atoms. The van der Waals surface area contributed by atoms with Crippen LogP contribution in [-0.2, 0) is 0 Å². The predicted molar refractivity (Wildman–Crippen MR) is 111 cm³/mol. The van der Waals surface area contributed by atoms with Crippen molar-refractivity contribution in [2.24, 2.45) is 4.90 Å². The van der Waals surface area contributed by atoms with Crippen molar-refractivity contribution in [2.45, 2.75) is 108 Å². The number of allylic oxidation sites excluding steroid dienone is 2. The van der Waals surface area contributed by atoms with Crippen molar-refractivity contribution >= 4 is 21.5 Å². The lowest BCUT2D eigenvalue weighted by Gasteiger charge is -2.27. The number of rotatable bonds is 11. The molecule has 0 amide bonds. The summed E-state index contributed by atoms with van der Waals surface area (Å²) in [5.41, 5.74) is 0. The second-order valence-electron chi connectivity index (χ2n) is 7.77. The van der Waals surface area contributed by atoms with Crippen molar-refractivity contribution in [3.63, 3.8) is 0 Å². The van der Waals surface area contributed by atoms with Gasteiger partial charge in [0.05, 0.1) is 0 Å². The van der Waals surface area contributed by atoms with E-state index in [-0.39, 0.29) is 0 Å². The Morgan fingerprint density at radius 2 is 1.57 bits per heavy atom. The summed E-state index contributed by atoms with van der Waals surface area (Å²) in [4.78, 5) is 4.77. The quantitative estimate of drug-likeness (QED) is 0.202. The van der Waals surface area contributed by atoms with E-state index < -0.39 is 0 Å². The molecule has 23 heavy (non-hydrogen) atoms. The van der Waals surface area contributed by atoms with Crippen molar-refractivity contribution in [1.29, 1.82) is 0 Å². The van der Waals surface area contributed by atoms with Gasteiger partial charge in [0.1, 0.15) is 7.85 Å². The lowest BCUT2D eigenvalue weighted by Crippen LogP contribution is -2.17. The Morgan fingerprint density at radius 1 is 0.913 bits per heavy atom. The molecule has 130 valence electrons. The SMILES string of the molecule is BC1(/C=N/BCCCCC/C=C\CCCC)CCCCCCC1. The van der Waals surface area contributed by atoms with Crippen molar-refractivity contribution in [1.82, 2.24) is 0 Å². The van der Waals surface area contributed by atoms with Crippen LogP contribution in [0.15, 0.2) is 17.1 Å². The van der Waals surface area contributed by atoms with E-state index in [2.05, 4.69) is 33.1 Å². The lowest BCUT2D eigenvalue weighted by atomic mass is 9.62. The fourth-order valence-electron chi connectivity index (χ4n) is 3.50. The van der Waals surface area contributed by atoms with Crippen molar-refractivity contribution in [3.8, 4) is 0 Å². The van der Waals surface area contributed by atoms with E-state index in [1.54, 1.807) is 0 Å². The number of unbranched alkanes of at least 4 members (excludes halogenated alkanes) is 5. The molecule has 3 heteroatoms. The first-order chi connectivity index (χ1) is 11.3. The van der Waals surface area contributed by atoms with Crippen LogP contribution < -0.4 is 0 Å². The van der Waals surface area contributed by atoms with E-state index >= 15 is 0 Å². The van der Waals surface area contributed by atoms with Gasteiger partial charge in [-0.3, -0.25) is 0 Å². The van der Waals surface area contributed by atoms with Gasteiger partial charge < -0.3 is 4.90 Å². The fraction of sp³-hybridized carbons (Fsp3) is 0.850. The van der Waals surface area contributed by atoms with Crippen LogP contribution in [0.1, 0.15) is 96.8 Å². The first kappa shape index (κ1) is 20.6. The zero-order chi connectivity index (χ0) is 16.6. The van der Waals surface area contributed by atoms with E-state index in [1.807, 2.05) is 0 Å². The van der Waals surface area contributed by atoms with Gasteiger partial charge in [-0.25, -0.2) is 0 Å². The standard InChI is InChI=1S/C20H39B2N/c1-2-3-4-5-6-7-8-12-15-18-22-23-19-20(21)16-13-10-9-11-14-17-20/h5-6,19,22H,2-4,7-18,21H2,1H3/b6-5-,23-19+. The molecule has 0 aromatic rings. The van der Waals surface area contributed by atoms with Gasteiger partial charge in [-0.05, 0) is 30.8 Å². The van der Waals surface area contributed by atoms with Crippen LogP contribution in [0.2, 0.25) is 11.6 Å². The maximum atomic E-state index is 4.77. The first-order valence-electron chi connectivity index (χ1n) is 10.4. The highest BCUT2D eigenvalue weighted by atomic mass is 14.6. The molecule has 1 aliphatic rings. The van der Waals surface area contributed by atoms with Crippen LogP contribution in [0.4, 0.5) is 0 Å². The molecule has 0 atom stereocenters. The lowest BCUT2D eigenvalue weighted by molar-refractivity contribution is 0.470. The molecule has 1 nitrogen and oxygen atoms in total. The van der Waals surface area contributed by atoms with E-state index in [9.17, 15) is 0 Å². The van der Waals surface area contributed by atoms with Crippen LogP contribution in [0.25, 0.3) is 0 Å². The second-order valence-corrected chi connectivity index (χ2v) is 7.77. The molecule has 0 radical (unpaired) electrons. The summed E-state index contributed by atoms with van der Waals surface area (Å²) in [5.74, 6) is 0. The maximum Gasteiger partial charge on any atom is 0.261 e. The molecule has 0 aliphatic heterocycles. The minimum atomic E-state index is 0.393. The Balaban J connectivity index is 1.99. The molecule has 1 fully saturated rings. The van der Waals surface area contributed by atoms with E-state index in [4.69, 9.17) is 4.90 Å². The number of nitrogens with zero attached hydrogens (tertiary/aromatic N) is 1. The van der Waals surface area contributed by atoms with E-state index in [1.165, 1.54) is 96.2 Å². The van der Waals surface area contributed by atoms with Gasteiger partial charge in [0.2, 0.25) is 0 Å². The van der Waals surface area contributed by atoms with E-state index in [0.29, 0.717) is 5.31 Å². The monoisotopic (exact) mass is 315 g/mol. The molecular weight excluding hydrogens is 276 g/mol. The molecule has 0 N–H and O–H groups in total. The highest BCUT2D eigenvalue weighted by Gasteiger charge is 2.22. The van der Waals surface area contributed by atoms with Crippen molar-refractivity contribution in [2.75, 3.05) is 0 Å². The molecule has 0 heterocycles. The molecule has 0 spiro atoms. The Labute approximate surface area is 147 Å².